The van der Waals surface area contributed by atoms with Gasteiger partial charge in [-0.2, -0.15) is 11.8 Å². The molecule has 3 nitrogen and oxygen atoms in total. The van der Waals surface area contributed by atoms with E-state index in [4.69, 9.17) is 11.6 Å². The molecule has 0 saturated carbocycles. The quantitative estimate of drug-likeness (QED) is 0.913. The zero-order chi connectivity index (χ0) is 14.0. The topological polar surface area (TPSA) is 40.5 Å². The Morgan fingerprint density at radius 3 is 2.68 bits per heavy atom. The largest absolute Gasteiger partial charge is 0.380 e. The number of amides is 1. The van der Waals surface area contributed by atoms with Crippen molar-refractivity contribution in [1.29, 1.82) is 0 Å². The molecule has 1 amide bonds. The molecule has 1 fully saturated rings. The molecule has 6 heteroatoms. The molecule has 0 unspecified atom stereocenters. The number of thioether (sulfide) groups is 1. The van der Waals surface area contributed by atoms with Crippen LogP contribution in [0.15, 0.2) is 18.2 Å². The van der Waals surface area contributed by atoms with Gasteiger partial charge in [0.15, 0.2) is 0 Å². The Kier molecular flexibility index (Phi) is 4.38. The molecule has 104 valence electrons. The van der Waals surface area contributed by atoms with Crippen LogP contribution in [0.25, 0.3) is 0 Å². The lowest BCUT2D eigenvalue weighted by Gasteiger charge is -2.34. The molecule has 1 heterocycles. The van der Waals surface area contributed by atoms with E-state index in [1.54, 1.807) is 18.8 Å². The highest BCUT2D eigenvalue weighted by Gasteiger charge is 2.39. The van der Waals surface area contributed by atoms with Crippen molar-refractivity contribution >= 4 is 35.0 Å². The van der Waals surface area contributed by atoms with Crippen LogP contribution >= 0.6 is 23.4 Å². The van der Waals surface area contributed by atoms with E-state index in [-0.39, 0.29) is 10.9 Å². The summed E-state index contributed by atoms with van der Waals surface area (Å²) in [5.41, 5.74) is -0.844. The van der Waals surface area contributed by atoms with Crippen LogP contribution in [-0.4, -0.2) is 35.2 Å². The normalized spacial score (nSPS) is 18.1. The zero-order valence-electron chi connectivity index (χ0n) is 10.5. The predicted octanol–water partition coefficient (Wildman–Crippen LogP) is 2.70. The second-order valence-corrected chi connectivity index (χ2v) is 6.24. The molecule has 1 aromatic carbocycles. The van der Waals surface area contributed by atoms with E-state index in [1.807, 2.05) is 0 Å². The highest BCUT2D eigenvalue weighted by atomic mass is 35.5. The number of hydrogen-bond donors (Lipinski definition) is 1. The Morgan fingerprint density at radius 1 is 1.47 bits per heavy atom. The van der Waals surface area contributed by atoms with Gasteiger partial charge in [0.25, 0.3) is 5.91 Å². The lowest BCUT2D eigenvalue weighted by atomic mass is 9.95. The second kappa shape index (κ2) is 5.69. The first-order chi connectivity index (χ1) is 8.94. The van der Waals surface area contributed by atoms with Gasteiger partial charge in [0.05, 0.1) is 5.02 Å². The van der Waals surface area contributed by atoms with Gasteiger partial charge < -0.3 is 10.0 Å². The number of benzene rings is 1. The average molecular weight is 304 g/mol. The number of aliphatic hydroxyl groups is 1. The summed E-state index contributed by atoms with van der Waals surface area (Å²) in [4.78, 5) is 13.7. The summed E-state index contributed by atoms with van der Waals surface area (Å²) in [6.45, 7) is 0. The monoisotopic (exact) mass is 303 g/mol. The molecule has 1 saturated heterocycles. The third-order valence-corrected chi connectivity index (χ3v) is 4.59. The molecule has 0 radical (unpaired) electrons. The fourth-order valence-corrected chi connectivity index (χ4v) is 3.39. The van der Waals surface area contributed by atoms with Crippen molar-refractivity contribution in [1.82, 2.24) is 0 Å². The molecule has 0 spiro atoms. The van der Waals surface area contributed by atoms with Gasteiger partial charge in [-0.05, 0) is 42.5 Å². The second-order valence-electron chi connectivity index (χ2n) is 4.61. The number of hydrogen-bond acceptors (Lipinski definition) is 3. The maximum atomic E-state index is 13.1. The SMILES string of the molecule is CN(C(=O)C1(O)CCSCC1)c1ccc(F)c(Cl)c1. The van der Waals surface area contributed by atoms with Crippen LogP contribution in [-0.2, 0) is 4.79 Å². The van der Waals surface area contributed by atoms with Crippen molar-refractivity contribution < 1.29 is 14.3 Å². The van der Waals surface area contributed by atoms with Gasteiger partial charge in [0.1, 0.15) is 11.4 Å². The molecular formula is C13H15ClFNO2S. The van der Waals surface area contributed by atoms with Gasteiger partial charge in [-0.15, -0.1) is 0 Å². The van der Waals surface area contributed by atoms with Crippen molar-refractivity contribution in [3.05, 3.63) is 29.0 Å². The number of carbonyl (C=O) groups excluding carboxylic acids is 1. The molecule has 1 N–H and O–H groups in total. The molecule has 1 aromatic rings. The van der Waals surface area contributed by atoms with Gasteiger partial charge in [0.2, 0.25) is 0 Å². The van der Waals surface area contributed by atoms with Gasteiger partial charge in [0, 0.05) is 12.7 Å². The van der Waals surface area contributed by atoms with E-state index in [9.17, 15) is 14.3 Å². The minimum Gasteiger partial charge on any atom is -0.380 e. The Labute approximate surface area is 120 Å². The minimum absolute atomic E-state index is 0.0386. The van der Waals surface area contributed by atoms with E-state index in [0.29, 0.717) is 18.5 Å². The maximum absolute atomic E-state index is 13.1. The Bertz CT molecular complexity index is 492. The van der Waals surface area contributed by atoms with E-state index < -0.39 is 11.4 Å². The van der Waals surface area contributed by atoms with Crippen LogP contribution in [0.2, 0.25) is 5.02 Å². The fourth-order valence-electron chi connectivity index (χ4n) is 2.05. The number of rotatable bonds is 2. The van der Waals surface area contributed by atoms with Crippen molar-refractivity contribution in [2.75, 3.05) is 23.5 Å². The van der Waals surface area contributed by atoms with Gasteiger partial charge >= 0.3 is 0 Å². The first-order valence-electron chi connectivity index (χ1n) is 5.97. The molecule has 0 atom stereocenters. The molecule has 0 aliphatic carbocycles. The van der Waals surface area contributed by atoms with E-state index in [2.05, 4.69) is 0 Å². The molecule has 0 bridgehead atoms. The molecule has 1 aliphatic heterocycles. The third-order valence-electron chi connectivity index (χ3n) is 3.31. The number of likely N-dealkylation sites (N-methyl/N-ethyl adjacent to an activating group) is 1. The lowest BCUT2D eigenvalue weighted by molar-refractivity contribution is -0.137. The summed E-state index contributed by atoms with van der Waals surface area (Å²) >= 11 is 7.43. The summed E-state index contributed by atoms with van der Waals surface area (Å²) in [5, 5.41) is 10.3. The summed E-state index contributed by atoms with van der Waals surface area (Å²) in [7, 11) is 1.56. The standard InChI is InChI=1S/C13H15ClFNO2S/c1-16(9-2-3-11(15)10(14)8-9)12(17)13(18)4-6-19-7-5-13/h2-3,8,18H,4-7H2,1H3. The van der Waals surface area contributed by atoms with Gasteiger partial charge in [-0.25, -0.2) is 4.39 Å². The zero-order valence-corrected chi connectivity index (χ0v) is 12.1. The van der Waals surface area contributed by atoms with E-state index in [1.165, 1.54) is 23.1 Å². The molecule has 1 aliphatic rings. The van der Waals surface area contributed by atoms with E-state index >= 15 is 0 Å². The van der Waals surface area contributed by atoms with Crippen LogP contribution in [0.5, 0.6) is 0 Å². The van der Waals surface area contributed by atoms with Gasteiger partial charge in [-0.3, -0.25) is 4.79 Å². The molecular weight excluding hydrogens is 289 g/mol. The number of halogens is 2. The van der Waals surface area contributed by atoms with Crippen molar-refractivity contribution in [2.24, 2.45) is 0 Å². The third kappa shape index (κ3) is 3.04. The van der Waals surface area contributed by atoms with Crippen LogP contribution in [0.1, 0.15) is 12.8 Å². The fraction of sp³-hybridized carbons (Fsp3) is 0.462. The summed E-state index contributed by atoms with van der Waals surface area (Å²) < 4.78 is 13.1. The van der Waals surface area contributed by atoms with Gasteiger partial charge in [-0.1, -0.05) is 11.6 Å². The summed E-state index contributed by atoms with van der Waals surface area (Å²) in [6, 6.07) is 4.07. The van der Waals surface area contributed by atoms with Crippen LogP contribution in [0, 0.1) is 5.82 Å². The van der Waals surface area contributed by atoms with Crippen LogP contribution in [0.4, 0.5) is 10.1 Å². The highest BCUT2D eigenvalue weighted by Crippen LogP contribution is 2.30. The Hall–Kier alpha value is -0.780. The minimum atomic E-state index is -1.32. The lowest BCUT2D eigenvalue weighted by Crippen LogP contribution is -2.50. The van der Waals surface area contributed by atoms with Crippen LogP contribution in [0.3, 0.4) is 0 Å². The number of anilines is 1. The Morgan fingerprint density at radius 2 is 2.11 bits per heavy atom. The number of carbonyl (C=O) groups is 1. The van der Waals surface area contributed by atoms with E-state index in [0.717, 1.165) is 11.5 Å². The highest BCUT2D eigenvalue weighted by molar-refractivity contribution is 7.99. The number of nitrogens with zero attached hydrogens (tertiary/aromatic N) is 1. The average Bonchev–Trinajstić information content (AvgIpc) is 2.41. The first-order valence-corrected chi connectivity index (χ1v) is 7.51. The predicted molar refractivity (Wildman–Crippen MR) is 76.3 cm³/mol. The molecule has 0 aromatic heterocycles. The first kappa shape index (κ1) is 14.6. The van der Waals surface area contributed by atoms with Crippen LogP contribution < -0.4 is 4.90 Å². The van der Waals surface area contributed by atoms with Crippen molar-refractivity contribution in [3.63, 3.8) is 0 Å². The Balaban J connectivity index is 2.20. The smallest absolute Gasteiger partial charge is 0.258 e. The van der Waals surface area contributed by atoms with Crippen molar-refractivity contribution in [3.8, 4) is 0 Å². The maximum Gasteiger partial charge on any atom is 0.258 e. The molecule has 19 heavy (non-hydrogen) atoms. The van der Waals surface area contributed by atoms with Crippen molar-refractivity contribution in [2.45, 2.75) is 18.4 Å². The summed E-state index contributed by atoms with van der Waals surface area (Å²) in [5.74, 6) is 0.634. The molecule has 2 rings (SSSR count). The summed E-state index contributed by atoms with van der Waals surface area (Å²) in [6.07, 6.45) is 0.880.